The van der Waals surface area contributed by atoms with Crippen LogP contribution >= 0.6 is 0 Å². The van der Waals surface area contributed by atoms with E-state index in [1.165, 1.54) is 12.1 Å². The lowest BCUT2D eigenvalue weighted by Crippen LogP contribution is -2.46. The standard InChI is InChI=1S/C19H21FN6O2/c1-12-10-16(24-26(12)15-7-5-6-14(20)11-15)22-18(27)23-19(8-3-4-9-19)17-21-13(2)28-25-17/h5-7,10-11H,3-4,8-9H2,1-2H3,(H2,22,23,24,27). The Morgan fingerprint density at radius 1 is 1.25 bits per heavy atom. The molecule has 0 spiro atoms. The largest absolute Gasteiger partial charge is 0.340 e. The zero-order valence-corrected chi connectivity index (χ0v) is 15.7. The minimum atomic E-state index is -0.637. The summed E-state index contributed by atoms with van der Waals surface area (Å²) >= 11 is 0. The second-order valence-electron chi connectivity index (χ2n) is 7.07. The molecule has 146 valence electrons. The summed E-state index contributed by atoms with van der Waals surface area (Å²) in [6.45, 7) is 3.56. The van der Waals surface area contributed by atoms with Gasteiger partial charge in [-0.15, -0.1) is 5.10 Å². The maximum absolute atomic E-state index is 13.5. The number of aryl methyl sites for hydroxylation is 2. The third kappa shape index (κ3) is 3.47. The van der Waals surface area contributed by atoms with Crippen molar-refractivity contribution in [2.75, 3.05) is 5.32 Å². The van der Waals surface area contributed by atoms with Crippen molar-refractivity contribution in [1.29, 1.82) is 0 Å². The normalized spacial score (nSPS) is 15.5. The van der Waals surface area contributed by atoms with E-state index in [2.05, 4.69) is 25.9 Å². The maximum Gasteiger partial charge on any atom is 0.321 e. The summed E-state index contributed by atoms with van der Waals surface area (Å²) in [5.74, 6) is 0.988. The predicted octanol–water partition coefficient (Wildman–Crippen LogP) is 3.60. The van der Waals surface area contributed by atoms with E-state index >= 15 is 0 Å². The number of hydrogen-bond acceptors (Lipinski definition) is 5. The highest BCUT2D eigenvalue weighted by molar-refractivity contribution is 5.89. The molecule has 2 aromatic heterocycles. The first-order chi connectivity index (χ1) is 13.4. The van der Waals surface area contributed by atoms with Crippen LogP contribution in [0, 0.1) is 19.7 Å². The molecule has 1 aliphatic carbocycles. The van der Waals surface area contributed by atoms with E-state index in [-0.39, 0.29) is 5.82 Å². The van der Waals surface area contributed by atoms with E-state index in [1.54, 1.807) is 29.8 Å². The molecule has 1 saturated carbocycles. The van der Waals surface area contributed by atoms with Gasteiger partial charge in [-0.1, -0.05) is 24.1 Å². The van der Waals surface area contributed by atoms with Crippen LogP contribution in [0.15, 0.2) is 34.9 Å². The van der Waals surface area contributed by atoms with Crippen molar-refractivity contribution in [3.63, 3.8) is 0 Å². The van der Waals surface area contributed by atoms with Crippen molar-refractivity contribution >= 4 is 11.8 Å². The molecular weight excluding hydrogens is 363 g/mol. The molecule has 8 nitrogen and oxygen atoms in total. The van der Waals surface area contributed by atoms with Crippen LogP contribution in [0.25, 0.3) is 5.69 Å². The molecule has 0 radical (unpaired) electrons. The van der Waals surface area contributed by atoms with Gasteiger partial charge in [-0.25, -0.2) is 13.9 Å². The van der Waals surface area contributed by atoms with Crippen LogP contribution in [-0.4, -0.2) is 26.0 Å². The molecule has 28 heavy (non-hydrogen) atoms. The van der Waals surface area contributed by atoms with Crippen molar-refractivity contribution in [3.05, 3.63) is 53.6 Å². The van der Waals surface area contributed by atoms with Crippen molar-refractivity contribution in [2.24, 2.45) is 0 Å². The molecule has 2 N–H and O–H groups in total. The minimum absolute atomic E-state index is 0.349. The van der Waals surface area contributed by atoms with E-state index in [4.69, 9.17) is 4.52 Å². The Kier molecular flexibility index (Phi) is 4.58. The summed E-state index contributed by atoms with van der Waals surface area (Å²) < 4.78 is 20.2. The van der Waals surface area contributed by atoms with Gasteiger partial charge in [0.2, 0.25) is 5.89 Å². The predicted molar refractivity (Wildman–Crippen MR) is 99.6 cm³/mol. The number of carbonyl (C=O) groups is 1. The zero-order chi connectivity index (χ0) is 19.7. The smallest absolute Gasteiger partial charge is 0.321 e. The fourth-order valence-electron chi connectivity index (χ4n) is 3.65. The number of nitrogens with one attached hydrogen (secondary N) is 2. The first-order valence-electron chi connectivity index (χ1n) is 9.18. The number of amides is 2. The van der Waals surface area contributed by atoms with Gasteiger partial charge in [0.25, 0.3) is 0 Å². The molecule has 0 aliphatic heterocycles. The van der Waals surface area contributed by atoms with Gasteiger partial charge >= 0.3 is 6.03 Å². The summed E-state index contributed by atoms with van der Waals surface area (Å²) in [4.78, 5) is 17.0. The van der Waals surface area contributed by atoms with Crippen molar-refractivity contribution in [1.82, 2.24) is 25.2 Å². The molecule has 2 amide bonds. The van der Waals surface area contributed by atoms with Crippen LogP contribution in [0.5, 0.6) is 0 Å². The number of carbonyl (C=O) groups excluding carboxylic acids is 1. The van der Waals surface area contributed by atoms with E-state index in [0.717, 1.165) is 31.4 Å². The summed E-state index contributed by atoms with van der Waals surface area (Å²) in [5, 5.41) is 14.1. The number of halogens is 1. The van der Waals surface area contributed by atoms with E-state index in [0.29, 0.717) is 23.2 Å². The van der Waals surface area contributed by atoms with E-state index < -0.39 is 11.6 Å². The molecule has 1 fully saturated rings. The van der Waals surface area contributed by atoms with Crippen LogP contribution in [0.1, 0.15) is 43.1 Å². The van der Waals surface area contributed by atoms with E-state index in [1.807, 2.05) is 6.92 Å². The van der Waals surface area contributed by atoms with Crippen molar-refractivity contribution in [2.45, 2.75) is 45.1 Å². The highest BCUT2D eigenvalue weighted by Crippen LogP contribution is 2.37. The molecule has 4 rings (SSSR count). The Morgan fingerprint density at radius 2 is 2.04 bits per heavy atom. The van der Waals surface area contributed by atoms with Crippen LogP contribution in [0.2, 0.25) is 0 Å². The Morgan fingerprint density at radius 3 is 2.71 bits per heavy atom. The Bertz CT molecular complexity index is 1010. The van der Waals surface area contributed by atoms with Crippen LogP contribution < -0.4 is 10.6 Å². The Hall–Kier alpha value is -3.23. The molecule has 9 heteroatoms. The number of rotatable bonds is 4. The van der Waals surface area contributed by atoms with Gasteiger partial charge < -0.3 is 9.84 Å². The van der Waals surface area contributed by atoms with Crippen LogP contribution in [-0.2, 0) is 5.54 Å². The average molecular weight is 384 g/mol. The van der Waals surface area contributed by atoms with Gasteiger partial charge in [0.1, 0.15) is 11.4 Å². The highest BCUT2D eigenvalue weighted by atomic mass is 19.1. The van der Waals surface area contributed by atoms with Crippen molar-refractivity contribution < 1.29 is 13.7 Å². The summed E-state index contributed by atoms with van der Waals surface area (Å²) in [6.07, 6.45) is 3.44. The van der Waals surface area contributed by atoms with Crippen molar-refractivity contribution in [3.8, 4) is 5.69 Å². The Labute approximate surface area is 161 Å². The minimum Gasteiger partial charge on any atom is -0.340 e. The van der Waals surface area contributed by atoms with Gasteiger partial charge in [0, 0.05) is 18.7 Å². The molecule has 1 aromatic carbocycles. The lowest BCUT2D eigenvalue weighted by Gasteiger charge is -2.26. The molecule has 0 bridgehead atoms. The number of aromatic nitrogens is 4. The molecule has 1 aliphatic rings. The second kappa shape index (κ2) is 7.06. The quantitative estimate of drug-likeness (QED) is 0.716. The Balaban J connectivity index is 1.51. The molecule has 0 atom stereocenters. The lowest BCUT2D eigenvalue weighted by atomic mass is 9.97. The number of benzene rings is 1. The third-order valence-corrected chi connectivity index (χ3v) is 4.95. The van der Waals surface area contributed by atoms with Crippen LogP contribution in [0.3, 0.4) is 0 Å². The topological polar surface area (TPSA) is 97.9 Å². The second-order valence-corrected chi connectivity index (χ2v) is 7.07. The molecule has 3 aromatic rings. The molecule has 0 saturated heterocycles. The van der Waals surface area contributed by atoms with E-state index in [9.17, 15) is 9.18 Å². The van der Waals surface area contributed by atoms with Gasteiger partial charge in [0.05, 0.1) is 5.69 Å². The van der Waals surface area contributed by atoms with Gasteiger partial charge in [-0.3, -0.25) is 5.32 Å². The SMILES string of the molecule is Cc1nc(C2(NC(=O)Nc3cc(C)n(-c4cccc(F)c4)n3)CCCC2)no1. The number of hydrogen-bond donors (Lipinski definition) is 2. The molecule has 0 unspecified atom stereocenters. The number of nitrogens with zero attached hydrogens (tertiary/aromatic N) is 4. The molecule has 2 heterocycles. The third-order valence-electron chi connectivity index (χ3n) is 4.95. The lowest BCUT2D eigenvalue weighted by molar-refractivity contribution is 0.232. The van der Waals surface area contributed by atoms with Crippen LogP contribution in [0.4, 0.5) is 15.0 Å². The monoisotopic (exact) mass is 384 g/mol. The fourth-order valence-corrected chi connectivity index (χ4v) is 3.65. The van der Waals surface area contributed by atoms with Gasteiger partial charge in [0.15, 0.2) is 11.6 Å². The zero-order valence-electron chi connectivity index (χ0n) is 15.7. The first kappa shape index (κ1) is 18.1. The summed E-state index contributed by atoms with van der Waals surface area (Å²) in [5.41, 5.74) is 0.716. The fraction of sp³-hybridized carbons (Fsp3) is 0.368. The molecular formula is C19H21FN6O2. The van der Waals surface area contributed by atoms with Gasteiger partial charge in [-0.05, 0) is 38.0 Å². The number of urea groups is 1. The highest BCUT2D eigenvalue weighted by Gasteiger charge is 2.41. The number of anilines is 1. The van der Waals surface area contributed by atoms with Gasteiger partial charge in [-0.2, -0.15) is 4.98 Å². The maximum atomic E-state index is 13.5. The first-order valence-corrected chi connectivity index (χ1v) is 9.18. The average Bonchev–Trinajstić information content (AvgIpc) is 3.36. The summed E-state index contributed by atoms with van der Waals surface area (Å²) in [6, 6.07) is 7.45. The summed E-state index contributed by atoms with van der Waals surface area (Å²) in [7, 11) is 0.